The second kappa shape index (κ2) is 7.51. The first-order valence-corrected chi connectivity index (χ1v) is 8.82. The van der Waals surface area contributed by atoms with Crippen molar-refractivity contribution < 1.29 is 4.74 Å². The molecule has 0 bridgehead atoms. The minimum atomic E-state index is -0.0160. The Balaban J connectivity index is 2.19. The van der Waals surface area contributed by atoms with Crippen LogP contribution in [0.3, 0.4) is 0 Å². The normalized spacial score (nSPS) is 11.7. The fourth-order valence-electron chi connectivity index (χ4n) is 2.41. The standard InChI is InChI=1S/C18H19Cl2N5O/c1-10(2)26-15-7-11(12(19)8-13(15)20)16-17-14(5-6-21-17)23-18(24-16)22-9-25(3)4/h5-10,21H,1-4H3/b22-9-. The molecule has 26 heavy (non-hydrogen) atoms. The van der Waals surface area contributed by atoms with Crippen LogP contribution in [0.25, 0.3) is 22.3 Å². The number of halogens is 2. The smallest absolute Gasteiger partial charge is 0.252 e. The summed E-state index contributed by atoms with van der Waals surface area (Å²) in [6, 6.07) is 5.33. The van der Waals surface area contributed by atoms with Crippen molar-refractivity contribution in [2.75, 3.05) is 14.1 Å². The predicted molar refractivity (Wildman–Crippen MR) is 107 cm³/mol. The summed E-state index contributed by atoms with van der Waals surface area (Å²) < 4.78 is 5.78. The van der Waals surface area contributed by atoms with E-state index in [1.54, 1.807) is 24.7 Å². The SMILES string of the molecule is CC(C)Oc1cc(-c2nc(/N=C\N(C)C)nc3cc[nH]c23)c(Cl)cc1Cl. The zero-order chi connectivity index (χ0) is 18.8. The van der Waals surface area contributed by atoms with Crippen molar-refractivity contribution in [3.05, 3.63) is 34.4 Å². The van der Waals surface area contributed by atoms with E-state index in [4.69, 9.17) is 27.9 Å². The highest BCUT2D eigenvalue weighted by molar-refractivity contribution is 6.37. The molecule has 3 rings (SSSR count). The number of ether oxygens (including phenoxy) is 1. The first-order valence-electron chi connectivity index (χ1n) is 8.07. The number of H-pyrrole nitrogens is 1. The summed E-state index contributed by atoms with van der Waals surface area (Å²) in [6.07, 6.45) is 3.43. The average Bonchev–Trinajstić information content (AvgIpc) is 3.03. The molecule has 0 aliphatic rings. The van der Waals surface area contributed by atoms with E-state index in [0.29, 0.717) is 33.0 Å². The average molecular weight is 392 g/mol. The Morgan fingerprint density at radius 3 is 2.65 bits per heavy atom. The summed E-state index contributed by atoms with van der Waals surface area (Å²) in [7, 11) is 3.76. The van der Waals surface area contributed by atoms with E-state index in [-0.39, 0.29) is 6.10 Å². The molecule has 0 aliphatic carbocycles. The number of nitrogens with zero attached hydrogens (tertiary/aromatic N) is 4. The highest BCUT2D eigenvalue weighted by Gasteiger charge is 2.17. The quantitative estimate of drug-likeness (QED) is 0.493. The van der Waals surface area contributed by atoms with Gasteiger partial charge in [0, 0.05) is 25.9 Å². The lowest BCUT2D eigenvalue weighted by Crippen LogP contribution is -2.07. The number of nitrogens with one attached hydrogen (secondary N) is 1. The molecule has 0 radical (unpaired) electrons. The Bertz CT molecular complexity index is 966. The van der Waals surface area contributed by atoms with Crippen LogP contribution in [0, 0.1) is 0 Å². The molecule has 2 aromatic heterocycles. The van der Waals surface area contributed by atoms with Crippen LogP contribution >= 0.6 is 23.2 Å². The number of aromatic amines is 1. The van der Waals surface area contributed by atoms with Gasteiger partial charge in [-0.05, 0) is 32.0 Å². The van der Waals surface area contributed by atoms with Gasteiger partial charge >= 0.3 is 0 Å². The summed E-state index contributed by atoms with van der Waals surface area (Å²) >= 11 is 12.7. The highest BCUT2D eigenvalue weighted by atomic mass is 35.5. The largest absolute Gasteiger partial charge is 0.489 e. The molecule has 1 N–H and O–H groups in total. The van der Waals surface area contributed by atoms with E-state index in [0.717, 1.165) is 11.0 Å². The Hall–Kier alpha value is -2.31. The second-order valence-electron chi connectivity index (χ2n) is 6.25. The first-order chi connectivity index (χ1) is 12.3. The van der Waals surface area contributed by atoms with Gasteiger partial charge in [-0.25, -0.2) is 15.0 Å². The van der Waals surface area contributed by atoms with Crippen molar-refractivity contribution >= 4 is 46.5 Å². The Kier molecular flexibility index (Phi) is 5.34. The van der Waals surface area contributed by atoms with Crippen LogP contribution in [0.2, 0.25) is 10.0 Å². The summed E-state index contributed by atoms with van der Waals surface area (Å²) in [5.74, 6) is 0.899. The van der Waals surface area contributed by atoms with Crippen LogP contribution in [0.5, 0.6) is 5.75 Å². The molecule has 8 heteroatoms. The van der Waals surface area contributed by atoms with Crippen molar-refractivity contribution in [2.45, 2.75) is 20.0 Å². The number of rotatable bonds is 5. The molecule has 0 spiro atoms. The van der Waals surface area contributed by atoms with Crippen molar-refractivity contribution in [2.24, 2.45) is 4.99 Å². The van der Waals surface area contributed by atoms with Gasteiger partial charge in [0.05, 0.1) is 33.5 Å². The lowest BCUT2D eigenvalue weighted by Gasteiger charge is -2.14. The van der Waals surface area contributed by atoms with Gasteiger partial charge in [-0.1, -0.05) is 23.2 Å². The van der Waals surface area contributed by atoms with E-state index >= 15 is 0 Å². The van der Waals surface area contributed by atoms with E-state index in [2.05, 4.69) is 19.9 Å². The molecule has 0 saturated heterocycles. The second-order valence-corrected chi connectivity index (χ2v) is 7.06. The number of benzene rings is 1. The van der Waals surface area contributed by atoms with Gasteiger partial charge in [0.1, 0.15) is 11.4 Å². The third-order valence-electron chi connectivity index (χ3n) is 3.44. The van der Waals surface area contributed by atoms with Crippen molar-refractivity contribution in [1.29, 1.82) is 0 Å². The van der Waals surface area contributed by atoms with Crippen LogP contribution in [0.4, 0.5) is 5.95 Å². The maximum Gasteiger partial charge on any atom is 0.252 e. The van der Waals surface area contributed by atoms with Crippen LogP contribution in [0.1, 0.15) is 13.8 Å². The molecule has 6 nitrogen and oxygen atoms in total. The van der Waals surface area contributed by atoms with Crippen molar-refractivity contribution in [3.63, 3.8) is 0 Å². The minimum absolute atomic E-state index is 0.0160. The number of aromatic nitrogens is 3. The van der Waals surface area contributed by atoms with Gasteiger partial charge in [0.2, 0.25) is 0 Å². The maximum atomic E-state index is 6.46. The Morgan fingerprint density at radius 1 is 1.19 bits per heavy atom. The Labute approximate surface area is 161 Å². The molecule has 0 fully saturated rings. The lowest BCUT2D eigenvalue weighted by atomic mass is 10.1. The summed E-state index contributed by atoms with van der Waals surface area (Å²) in [5, 5.41) is 0.929. The third kappa shape index (κ3) is 3.92. The zero-order valence-corrected chi connectivity index (χ0v) is 16.4. The number of hydrogen-bond donors (Lipinski definition) is 1. The van der Waals surface area contributed by atoms with Crippen LogP contribution in [0.15, 0.2) is 29.4 Å². The van der Waals surface area contributed by atoms with E-state index in [1.807, 2.05) is 38.9 Å². The first kappa shape index (κ1) is 18.5. The molecule has 0 unspecified atom stereocenters. The highest BCUT2D eigenvalue weighted by Crippen LogP contribution is 2.39. The topological polar surface area (TPSA) is 66.4 Å². The van der Waals surface area contributed by atoms with Gasteiger partial charge in [-0.15, -0.1) is 0 Å². The van der Waals surface area contributed by atoms with E-state index in [9.17, 15) is 0 Å². The maximum absolute atomic E-state index is 6.46. The van der Waals surface area contributed by atoms with Gasteiger partial charge in [-0.3, -0.25) is 0 Å². The van der Waals surface area contributed by atoms with Crippen molar-refractivity contribution in [3.8, 4) is 17.0 Å². The molecule has 0 atom stereocenters. The van der Waals surface area contributed by atoms with Crippen molar-refractivity contribution in [1.82, 2.24) is 19.9 Å². The number of fused-ring (bicyclic) bond motifs is 1. The molecule has 3 aromatic rings. The molecule has 0 aliphatic heterocycles. The molecule has 2 heterocycles. The molecule has 0 saturated carbocycles. The third-order valence-corrected chi connectivity index (χ3v) is 4.05. The van der Waals surface area contributed by atoms with Gasteiger partial charge in [0.15, 0.2) is 0 Å². The molecule has 1 aromatic carbocycles. The van der Waals surface area contributed by atoms with Gasteiger partial charge in [-0.2, -0.15) is 0 Å². The van der Waals surface area contributed by atoms with Crippen LogP contribution in [-0.4, -0.2) is 46.4 Å². The molecule has 136 valence electrons. The minimum Gasteiger partial charge on any atom is -0.489 e. The van der Waals surface area contributed by atoms with E-state index in [1.165, 1.54) is 0 Å². The number of hydrogen-bond acceptors (Lipinski definition) is 4. The fourth-order valence-corrected chi connectivity index (χ4v) is 2.92. The van der Waals surface area contributed by atoms with Crippen LogP contribution in [-0.2, 0) is 0 Å². The lowest BCUT2D eigenvalue weighted by molar-refractivity contribution is 0.242. The molecular formula is C18H19Cl2N5O. The molecule has 0 amide bonds. The van der Waals surface area contributed by atoms with Crippen LogP contribution < -0.4 is 4.74 Å². The van der Waals surface area contributed by atoms with E-state index < -0.39 is 0 Å². The van der Waals surface area contributed by atoms with Gasteiger partial charge < -0.3 is 14.6 Å². The van der Waals surface area contributed by atoms with Gasteiger partial charge in [0.25, 0.3) is 5.95 Å². The zero-order valence-electron chi connectivity index (χ0n) is 14.9. The molecular weight excluding hydrogens is 373 g/mol. The predicted octanol–water partition coefficient (Wildman–Crippen LogP) is 4.94. The summed E-state index contributed by atoms with van der Waals surface area (Å²) in [5.41, 5.74) is 2.86. The summed E-state index contributed by atoms with van der Waals surface area (Å²) in [6.45, 7) is 3.87. The summed E-state index contributed by atoms with van der Waals surface area (Å²) in [4.78, 5) is 18.3. The Morgan fingerprint density at radius 2 is 1.96 bits per heavy atom. The number of aliphatic imine (C=N–C) groups is 1. The monoisotopic (exact) mass is 391 g/mol. The fraction of sp³-hybridized carbons (Fsp3) is 0.278.